The fourth-order valence-electron chi connectivity index (χ4n) is 9.33. The number of carboxylic acids is 1. The Morgan fingerprint density at radius 1 is 0.868 bits per heavy atom. The van der Waals surface area contributed by atoms with E-state index in [-0.39, 0.29) is 149 Å². The largest absolute Gasteiger partial charge is 0.507 e. The molecule has 0 bridgehead atoms. The predicted octanol–water partition coefficient (Wildman–Crippen LogP) is 4.41. The fraction of sp³-hybridized carbons (Fsp3) is 0.468. The molecule has 0 aliphatic carbocycles. The molecule has 3 aromatic carbocycles. The minimum atomic E-state index is -3.74. The maximum absolute atomic E-state index is 13.9. The van der Waals surface area contributed by atoms with Crippen LogP contribution in [0.5, 0.6) is 17.2 Å². The van der Waals surface area contributed by atoms with Gasteiger partial charge >= 0.3 is 12.1 Å². The van der Waals surface area contributed by atoms with Gasteiger partial charge in [-0.15, -0.1) is 23.1 Å². The average molecular weight is 1320 g/mol. The Hall–Kier alpha value is -7.64. The first-order valence-corrected chi connectivity index (χ1v) is 32.8. The van der Waals surface area contributed by atoms with Gasteiger partial charge < -0.3 is 64.9 Å². The number of ether oxygens (including phenoxy) is 4. The number of aliphatic imine (C=N–C) groups is 1. The van der Waals surface area contributed by atoms with Crippen LogP contribution < -0.4 is 30.1 Å². The van der Waals surface area contributed by atoms with Crippen molar-refractivity contribution < 1.29 is 81.3 Å². The molecule has 0 radical (unpaired) electrons. The van der Waals surface area contributed by atoms with Gasteiger partial charge in [0.2, 0.25) is 33.7 Å². The third kappa shape index (κ3) is 20.7. The molecule has 2 aromatic heterocycles. The van der Waals surface area contributed by atoms with Crippen LogP contribution in [-0.2, 0) is 48.8 Å². The van der Waals surface area contributed by atoms with Crippen molar-refractivity contribution in [1.29, 1.82) is 0 Å². The minimum Gasteiger partial charge on any atom is -0.507 e. The second-order valence-corrected chi connectivity index (χ2v) is 26.6. The number of carbonyl (C=O) groups excluding carboxylic acids is 4. The summed E-state index contributed by atoms with van der Waals surface area (Å²) in [7, 11) is -0.834. The summed E-state index contributed by atoms with van der Waals surface area (Å²) in [6.45, 7) is 17.9. The predicted molar refractivity (Wildman–Crippen MR) is 346 cm³/mol. The highest BCUT2D eigenvalue weighted by Gasteiger charge is 2.32. The number of amides is 4. The summed E-state index contributed by atoms with van der Waals surface area (Å²) in [5.41, 5.74) is 1.98. The number of phenolic OH excluding ortho intramolecular Hbond substituents is 2. The van der Waals surface area contributed by atoms with Crippen molar-refractivity contribution in [2.75, 3.05) is 103 Å². The molecule has 5 aromatic rings. The molecule has 1 aliphatic heterocycles. The minimum absolute atomic E-state index is 0.0329. The number of thiazole rings is 1. The highest BCUT2D eigenvalue weighted by atomic mass is 32.2. The molecule has 91 heavy (non-hydrogen) atoms. The molecule has 4 amide bonds. The lowest BCUT2D eigenvalue weighted by molar-refractivity contribution is -0.138. The molecule has 1 unspecified atom stereocenters. The van der Waals surface area contributed by atoms with Crippen molar-refractivity contribution in [2.24, 2.45) is 4.99 Å². The van der Waals surface area contributed by atoms with Gasteiger partial charge in [0, 0.05) is 116 Å². The van der Waals surface area contributed by atoms with E-state index in [0.717, 1.165) is 10.6 Å². The SMILES string of the molecule is C=c1c(C)c(O)c(=C)c(C(C)(C)CC(=O)N(C)CCN(CCOCCOCCOCCC(=O)NCCNC(=O)C[C@H](O)C[C@H](O)C=Cc2c(-c3ccc(F)cc3)nc(N(C)S(C)(=O)=O)nc2C(C)C)C(=O)Oc2ccc3nc(C4=NC(C(=O)O)CS4)sc3c2)c1O. The lowest BCUT2D eigenvalue weighted by atomic mass is 9.78. The molecule has 494 valence electrons. The molecule has 7 N–H and O–H groups in total. The maximum atomic E-state index is 13.9. The number of aromatic hydroxyl groups is 2. The van der Waals surface area contributed by atoms with Crippen LogP contribution >= 0.6 is 23.1 Å². The lowest BCUT2D eigenvalue weighted by Crippen LogP contribution is -2.43. The van der Waals surface area contributed by atoms with Gasteiger partial charge in [0.25, 0.3) is 0 Å². The Morgan fingerprint density at radius 3 is 2.15 bits per heavy atom. The number of anilines is 1. The number of aliphatic carboxylic acids is 1. The van der Waals surface area contributed by atoms with E-state index >= 15 is 0 Å². The molecule has 0 saturated carbocycles. The number of hydrogen-bond acceptors (Lipinski definition) is 21. The van der Waals surface area contributed by atoms with Gasteiger partial charge in [-0.05, 0) is 49.2 Å². The second-order valence-electron chi connectivity index (χ2n) is 22.5. The number of sulfonamides is 1. The monoisotopic (exact) mass is 1320 g/mol. The Labute approximate surface area is 535 Å². The Balaban J connectivity index is 0.891. The highest BCUT2D eigenvalue weighted by molar-refractivity contribution is 8.15. The quantitative estimate of drug-likeness (QED) is 0.0221. The third-order valence-corrected chi connectivity index (χ3v) is 17.9. The van der Waals surface area contributed by atoms with Crippen molar-refractivity contribution in [1.82, 2.24) is 35.4 Å². The van der Waals surface area contributed by atoms with Crippen LogP contribution in [-0.4, -0.2) is 210 Å². The van der Waals surface area contributed by atoms with Gasteiger partial charge in [-0.3, -0.25) is 19.4 Å². The van der Waals surface area contributed by atoms with E-state index in [1.54, 1.807) is 52.1 Å². The van der Waals surface area contributed by atoms with E-state index in [9.17, 15) is 62.3 Å². The molecule has 6 rings (SSSR count). The number of rotatable bonds is 34. The van der Waals surface area contributed by atoms with Crippen molar-refractivity contribution in [3.63, 3.8) is 0 Å². The molecule has 3 atom stereocenters. The van der Waals surface area contributed by atoms with E-state index < -0.39 is 57.5 Å². The van der Waals surface area contributed by atoms with Crippen molar-refractivity contribution in [3.8, 4) is 28.5 Å². The summed E-state index contributed by atoms with van der Waals surface area (Å²) in [5.74, 6) is -2.72. The molecule has 1 aliphatic rings. The van der Waals surface area contributed by atoms with Gasteiger partial charge in [-0.2, -0.15) is 0 Å². The molecule has 0 spiro atoms. The van der Waals surface area contributed by atoms with E-state index in [4.69, 9.17) is 18.9 Å². The van der Waals surface area contributed by atoms with Gasteiger partial charge in [0.15, 0.2) is 6.04 Å². The van der Waals surface area contributed by atoms with E-state index in [1.165, 1.54) is 70.3 Å². The van der Waals surface area contributed by atoms with Crippen LogP contribution in [0.15, 0.2) is 53.5 Å². The summed E-state index contributed by atoms with van der Waals surface area (Å²) in [5, 5.41) is 59.4. The first-order valence-electron chi connectivity index (χ1n) is 29.2. The molecule has 3 heterocycles. The van der Waals surface area contributed by atoms with E-state index in [1.807, 2.05) is 13.8 Å². The summed E-state index contributed by atoms with van der Waals surface area (Å²) < 4.78 is 63.0. The molecule has 0 fully saturated rings. The van der Waals surface area contributed by atoms with Crippen LogP contribution in [0.4, 0.5) is 15.1 Å². The maximum Gasteiger partial charge on any atom is 0.415 e. The first-order chi connectivity index (χ1) is 42.9. The molecule has 25 nitrogen and oxygen atoms in total. The fourth-order valence-corrected chi connectivity index (χ4v) is 11.8. The lowest BCUT2D eigenvalue weighted by Gasteiger charge is -2.30. The number of aliphatic hydroxyl groups is 2. The zero-order chi connectivity index (χ0) is 66.9. The zero-order valence-electron chi connectivity index (χ0n) is 52.2. The summed E-state index contributed by atoms with van der Waals surface area (Å²) in [4.78, 5) is 84.8. The molecular formula is C62H80FN9O16S3. The molecule has 29 heteroatoms. The number of phenols is 2. The Kier molecular flexibility index (Phi) is 26.3. The summed E-state index contributed by atoms with van der Waals surface area (Å²) in [6, 6.07) is 9.53. The van der Waals surface area contributed by atoms with Crippen LogP contribution in [0.3, 0.4) is 0 Å². The van der Waals surface area contributed by atoms with Crippen molar-refractivity contribution in [2.45, 2.75) is 89.9 Å². The number of likely N-dealkylation sites (N-methyl/N-ethyl adjacent to an activating group) is 1. The first kappa shape index (κ1) is 72.4. The van der Waals surface area contributed by atoms with Crippen LogP contribution in [0, 0.1) is 12.7 Å². The zero-order valence-corrected chi connectivity index (χ0v) is 54.6. The number of aliphatic hydroxyl groups excluding tert-OH is 2. The summed E-state index contributed by atoms with van der Waals surface area (Å²) >= 11 is 2.59. The topological polar surface area (TPSA) is 342 Å². The summed E-state index contributed by atoms with van der Waals surface area (Å²) in [6.07, 6.45) is 0.180. The normalized spacial score (nSPS) is 14.2. The number of benzene rings is 3. The van der Waals surface area contributed by atoms with E-state index in [2.05, 4.69) is 43.7 Å². The number of carbonyl (C=O) groups is 5. The number of fused-ring (bicyclic) bond motifs is 1. The van der Waals surface area contributed by atoms with Crippen molar-refractivity contribution >= 4 is 103 Å². The van der Waals surface area contributed by atoms with Crippen molar-refractivity contribution in [3.05, 3.63) is 92.2 Å². The smallest absolute Gasteiger partial charge is 0.415 e. The van der Waals surface area contributed by atoms with Crippen LogP contribution in [0.2, 0.25) is 0 Å². The van der Waals surface area contributed by atoms with Gasteiger partial charge in [-0.25, -0.2) is 41.7 Å². The Morgan fingerprint density at radius 2 is 1.52 bits per heavy atom. The number of thioether (sulfide) groups is 1. The Bertz CT molecular complexity index is 3700. The second kappa shape index (κ2) is 33.1. The number of halogens is 1. The third-order valence-electron chi connectivity index (χ3n) is 14.6. The van der Waals surface area contributed by atoms with Crippen LogP contribution in [0.1, 0.15) is 86.7 Å². The van der Waals surface area contributed by atoms with Gasteiger partial charge in [0.1, 0.15) is 33.1 Å². The van der Waals surface area contributed by atoms with Crippen LogP contribution in [0.25, 0.3) is 40.7 Å². The van der Waals surface area contributed by atoms with Gasteiger partial charge in [0.05, 0.1) is 86.1 Å². The van der Waals surface area contributed by atoms with Gasteiger partial charge in [-0.1, -0.05) is 53.0 Å². The average Bonchev–Trinajstić information content (AvgIpc) is 1.42. The number of nitrogens with one attached hydrogen (secondary N) is 2. The number of nitrogens with zero attached hydrogens (tertiary/aromatic N) is 7. The molecule has 0 saturated heterocycles. The highest BCUT2D eigenvalue weighted by Crippen LogP contribution is 2.35. The van der Waals surface area contributed by atoms with E-state index in [0.29, 0.717) is 59.7 Å². The number of hydrogen-bond donors (Lipinski definition) is 7. The standard InChI is InChI=1S/C62H80FN9O16S3/c1-36(2)53-45(54(40-11-13-41(63)14-12-40)69-60(68-53)71(9)91(10,83)84)17-15-42(73)31-43(74)32-50(76)65-21-20-64-49(75)19-25-85-27-29-87-30-28-86-26-24-72(23-22-70(8)51(77)34-62(6,7)52-39(5)55(78)37(3)38(4)56(52)79)61(82)88-44-16-18-46-48(33-44)90-58(66-46)57-67-47(35-89-57)59(80)81/h11-18,33,36,42-43,47,73-74,78-79H,4-5,19-32,34-35H2,1-3,6-10H3,(H,64,75)(H,65,76)(H,80,81)/t42-,43-,47?/m1/s1. The number of carboxylic acid groups (broad SMARTS) is 1. The number of aromatic nitrogens is 3. The molecular weight excluding hydrogens is 1240 g/mol.